The summed E-state index contributed by atoms with van der Waals surface area (Å²) in [7, 11) is 0. The molecule has 2 unspecified atom stereocenters. The minimum Gasteiger partial charge on any atom is -0.456 e. The van der Waals surface area contributed by atoms with E-state index < -0.39 is 0 Å². The summed E-state index contributed by atoms with van der Waals surface area (Å²) in [5.41, 5.74) is 9.54. The molecular formula is C52H35N3OS. The Hall–Kier alpha value is -6.82. The van der Waals surface area contributed by atoms with Crippen molar-refractivity contribution in [2.75, 3.05) is 0 Å². The lowest BCUT2D eigenvalue weighted by atomic mass is 9.82. The standard InChI is InChI=1S/C52H35N3OS/c1-2-36-50(31-13-4-3-5-14-31)53-52(34-23-25-39-38-18-9-11-22-47(38)57-48(39)29-34)54-51(36)41-19-12-21-45-49(41)40-26-24-35(30-46(40)56-45)55-43-20-10-8-17-37(43)42-27-32-15-6-7-16-33(32)28-44(42)55/h3-30,36,50H,2H2,1H3. The molecule has 8 aromatic carbocycles. The smallest absolute Gasteiger partial charge is 0.155 e. The Bertz CT molecular complexity index is 3470. The first-order chi connectivity index (χ1) is 28.2. The minimum absolute atomic E-state index is 0.0754. The molecule has 12 rings (SSSR count). The van der Waals surface area contributed by atoms with Crippen molar-refractivity contribution in [1.82, 2.24) is 4.57 Å². The summed E-state index contributed by atoms with van der Waals surface area (Å²) in [4.78, 5) is 11.0. The van der Waals surface area contributed by atoms with Crippen LogP contribution in [0.4, 0.5) is 0 Å². The van der Waals surface area contributed by atoms with E-state index in [1.165, 1.54) is 58.3 Å². The molecular weight excluding hydrogens is 715 g/mol. The Labute approximate surface area is 332 Å². The van der Waals surface area contributed by atoms with Gasteiger partial charge in [0, 0.05) is 70.5 Å². The van der Waals surface area contributed by atoms with E-state index in [1.807, 2.05) is 11.3 Å². The maximum absolute atomic E-state index is 6.79. The van der Waals surface area contributed by atoms with E-state index in [4.69, 9.17) is 14.4 Å². The molecule has 1 aliphatic rings. The number of benzene rings is 8. The minimum atomic E-state index is -0.0804. The number of amidine groups is 1. The van der Waals surface area contributed by atoms with Gasteiger partial charge in [-0.2, -0.15) is 0 Å². The summed E-state index contributed by atoms with van der Waals surface area (Å²) in [6.07, 6.45) is 0.892. The monoisotopic (exact) mass is 749 g/mol. The Morgan fingerprint density at radius 2 is 1.33 bits per heavy atom. The van der Waals surface area contributed by atoms with Crippen LogP contribution in [0.5, 0.6) is 0 Å². The molecule has 0 radical (unpaired) electrons. The van der Waals surface area contributed by atoms with Crippen molar-refractivity contribution in [3.05, 3.63) is 187 Å². The number of aromatic nitrogens is 1. The van der Waals surface area contributed by atoms with Crippen LogP contribution >= 0.6 is 11.3 Å². The fourth-order valence-electron chi connectivity index (χ4n) is 9.34. The number of rotatable bonds is 5. The van der Waals surface area contributed by atoms with Crippen molar-refractivity contribution in [1.29, 1.82) is 0 Å². The highest BCUT2D eigenvalue weighted by molar-refractivity contribution is 7.25. The Kier molecular flexibility index (Phi) is 7.17. The van der Waals surface area contributed by atoms with Crippen molar-refractivity contribution >= 4 is 97.6 Å². The summed E-state index contributed by atoms with van der Waals surface area (Å²) in [6, 6.07) is 61.1. The highest BCUT2D eigenvalue weighted by Crippen LogP contribution is 2.42. The molecule has 57 heavy (non-hydrogen) atoms. The Balaban J connectivity index is 1.05. The lowest BCUT2D eigenvalue weighted by Crippen LogP contribution is -2.28. The maximum Gasteiger partial charge on any atom is 0.155 e. The largest absolute Gasteiger partial charge is 0.456 e. The van der Waals surface area contributed by atoms with Gasteiger partial charge >= 0.3 is 0 Å². The highest BCUT2D eigenvalue weighted by Gasteiger charge is 2.33. The van der Waals surface area contributed by atoms with Gasteiger partial charge in [0.2, 0.25) is 0 Å². The second-order valence-electron chi connectivity index (χ2n) is 15.2. The number of nitrogens with zero attached hydrogens (tertiary/aromatic N) is 3. The van der Waals surface area contributed by atoms with Crippen LogP contribution < -0.4 is 0 Å². The zero-order chi connectivity index (χ0) is 37.6. The highest BCUT2D eigenvalue weighted by atomic mass is 32.1. The zero-order valence-electron chi connectivity index (χ0n) is 31.2. The van der Waals surface area contributed by atoms with Crippen LogP contribution in [0.1, 0.15) is 36.1 Å². The van der Waals surface area contributed by atoms with E-state index in [1.54, 1.807) is 0 Å². The second kappa shape index (κ2) is 12.6. The molecule has 0 fully saturated rings. The number of aliphatic imine (C=N–C) groups is 2. The van der Waals surface area contributed by atoms with Gasteiger partial charge in [0.25, 0.3) is 0 Å². The third-order valence-corrected chi connectivity index (χ3v) is 13.1. The quantitative estimate of drug-likeness (QED) is 0.173. The molecule has 1 aliphatic heterocycles. The third kappa shape index (κ3) is 4.99. The molecule has 0 bridgehead atoms. The van der Waals surface area contributed by atoms with Crippen molar-refractivity contribution in [2.24, 2.45) is 15.9 Å². The molecule has 0 saturated heterocycles. The number of hydrogen-bond acceptors (Lipinski definition) is 4. The normalized spacial score (nSPS) is 16.1. The van der Waals surface area contributed by atoms with Crippen LogP contribution in [-0.2, 0) is 0 Å². The molecule has 0 spiro atoms. The van der Waals surface area contributed by atoms with E-state index in [0.29, 0.717) is 0 Å². The van der Waals surface area contributed by atoms with Crippen LogP contribution in [-0.4, -0.2) is 16.1 Å². The molecule has 0 saturated carbocycles. The van der Waals surface area contributed by atoms with Crippen LogP contribution in [0.25, 0.3) is 80.4 Å². The lowest BCUT2D eigenvalue weighted by molar-refractivity contribution is 0.533. The summed E-state index contributed by atoms with van der Waals surface area (Å²) in [5, 5.41) is 9.69. The molecule has 270 valence electrons. The van der Waals surface area contributed by atoms with E-state index in [9.17, 15) is 0 Å². The van der Waals surface area contributed by atoms with E-state index in [0.717, 1.165) is 56.7 Å². The van der Waals surface area contributed by atoms with Gasteiger partial charge in [0.05, 0.1) is 22.8 Å². The molecule has 0 N–H and O–H groups in total. The zero-order valence-corrected chi connectivity index (χ0v) is 32.0. The van der Waals surface area contributed by atoms with Gasteiger partial charge in [-0.3, -0.25) is 4.99 Å². The van der Waals surface area contributed by atoms with Crippen LogP contribution in [0.2, 0.25) is 0 Å². The van der Waals surface area contributed by atoms with Crippen LogP contribution in [0, 0.1) is 5.92 Å². The van der Waals surface area contributed by atoms with E-state index in [-0.39, 0.29) is 12.0 Å². The maximum atomic E-state index is 6.79. The molecule has 4 nitrogen and oxygen atoms in total. The Morgan fingerprint density at radius 1 is 0.579 bits per heavy atom. The molecule has 5 heteroatoms. The van der Waals surface area contributed by atoms with Gasteiger partial charge in [0.15, 0.2) is 5.84 Å². The number of fused-ring (bicyclic) bond motifs is 10. The van der Waals surface area contributed by atoms with Crippen LogP contribution in [0.15, 0.2) is 184 Å². The van der Waals surface area contributed by atoms with Gasteiger partial charge in [-0.25, -0.2) is 4.99 Å². The third-order valence-electron chi connectivity index (χ3n) is 12.0. The topological polar surface area (TPSA) is 42.8 Å². The summed E-state index contributed by atoms with van der Waals surface area (Å²) < 4.78 is 11.7. The van der Waals surface area contributed by atoms with Crippen molar-refractivity contribution in [3.63, 3.8) is 0 Å². The number of furan rings is 1. The fourth-order valence-corrected chi connectivity index (χ4v) is 10.5. The molecule has 4 heterocycles. The summed E-state index contributed by atoms with van der Waals surface area (Å²) in [6.45, 7) is 2.26. The van der Waals surface area contributed by atoms with Gasteiger partial charge in [-0.15, -0.1) is 11.3 Å². The van der Waals surface area contributed by atoms with Gasteiger partial charge < -0.3 is 8.98 Å². The molecule has 11 aromatic rings. The van der Waals surface area contributed by atoms with E-state index in [2.05, 4.69) is 181 Å². The molecule has 0 amide bonds. The van der Waals surface area contributed by atoms with Gasteiger partial charge in [-0.1, -0.05) is 122 Å². The van der Waals surface area contributed by atoms with Gasteiger partial charge in [0.1, 0.15) is 11.2 Å². The molecule has 0 aliphatic carbocycles. The lowest BCUT2D eigenvalue weighted by Gasteiger charge is -2.30. The first-order valence-electron chi connectivity index (χ1n) is 19.7. The first-order valence-corrected chi connectivity index (χ1v) is 20.5. The fraction of sp³-hybridized carbons (Fsp3) is 0.0769. The number of hydrogen-bond donors (Lipinski definition) is 0. The molecule has 2 atom stereocenters. The number of thiophene rings is 1. The Morgan fingerprint density at radius 3 is 2.21 bits per heavy atom. The summed E-state index contributed by atoms with van der Waals surface area (Å²) >= 11 is 1.83. The van der Waals surface area contributed by atoms with Gasteiger partial charge in [-0.05, 0) is 71.3 Å². The van der Waals surface area contributed by atoms with Crippen molar-refractivity contribution in [2.45, 2.75) is 19.4 Å². The predicted molar refractivity (Wildman–Crippen MR) is 241 cm³/mol. The van der Waals surface area contributed by atoms with Crippen molar-refractivity contribution in [3.8, 4) is 5.69 Å². The average Bonchev–Trinajstić information content (AvgIpc) is 3.94. The predicted octanol–water partition coefficient (Wildman–Crippen LogP) is 14.2. The first kappa shape index (κ1) is 32.4. The average molecular weight is 750 g/mol. The van der Waals surface area contributed by atoms with Crippen LogP contribution in [0.3, 0.4) is 0 Å². The summed E-state index contributed by atoms with van der Waals surface area (Å²) in [5.74, 6) is 0.848. The SMILES string of the molecule is CCC1C(c2cccc3oc4cc(-n5c6ccccc6c6cc7ccccc7cc65)ccc4c23)=NC(c2ccc3c(c2)sc2ccccc23)=NC1c1ccccc1. The van der Waals surface area contributed by atoms with E-state index >= 15 is 0 Å². The second-order valence-corrected chi connectivity index (χ2v) is 16.2. The van der Waals surface area contributed by atoms with Crippen molar-refractivity contribution < 1.29 is 4.42 Å². The molecule has 3 aromatic heterocycles. The number of para-hydroxylation sites is 1.